The van der Waals surface area contributed by atoms with Crippen molar-refractivity contribution in [3.05, 3.63) is 30.1 Å². The van der Waals surface area contributed by atoms with Gasteiger partial charge in [0.15, 0.2) is 11.0 Å². The summed E-state index contributed by atoms with van der Waals surface area (Å²) in [5.74, 6) is 2.69. The smallest absolute Gasteiger partial charge is 0.235 e. The first-order valence-corrected chi connectivity index (χ1v) is 13.2. The molecule has 2 aliphatic rings. The van der Waals surface area contributed by atoms with E-state index in [2.05, 4.69) is 27.0 Å². The zero-order chi connectivity index (χ0) is 23.2. The molecule has 4 rings (SSSR count). The zero-order valence-electron chi connectivity index (χ0n) is 20.1. The predicted molar refractivity (Wildman–Crippen MR) is 133 cm³/mol. The number of hydrogen-bond acceptors (Lipinski definition) is 6. The Hall–Kier alpha value is -2.22. The van der Waals surface area contributed by atoms with E-state index in [-0.39, 0.29) is 11.2 Å². The molecular weight excluding hydrogens is 434 g/mol. The van der Waals surface area contributed by atoms with Gasteiger partial charge in [0, 0.05) is 30.9 Å². The molecule has 1 amide bonds. The summed E-state index contributed by atoms with van der Waals surface area (Å²) in [6.45, 7) is 6.61. The monoisotopic (exact) mass is 471 g/mol. The van der Waals surface area contributed by atoms with Crippen LogP contribution in [-0.2, 0) is 11.3 Å². The molecule has 8 heteroatoms. The van der Waals surface area contributed by atoms with Gasteiger partial charge in [-0.3, -0.25) is 4.79 Å². The average Bonchev–Trinajstić information content (AvgIpc) is 3.25. The molecule has 2 aromatic rings. The minimum Gasteiger partial charge on any atom is -0.497 e. The second kappa shape index (κ2) is 11.3. The number of methoxy groups -OCH3 is 1. The van der Waals surface area contributed by atoms with Crippen LogP contribution in [0.4, 0.5) is 5.69 Å². The van der Waals surface area contributed by atoms with Gasteiger partial charge in [0.2, 0.25) is 5.91 Å². The first-order chi connectivity index (χ1) is 16.0. The van der Waals surface area contributed by atoms with E-state index in [1.165, 1.54) is 19.3 Å². The fourth-order valence-electron chi connectivity index (χ4n) is 4.82. The van der Waals surface area contributed by atoms with Gasteiger partial charge in [-0.25, -0.2) is 0 Å². The zero-order valence-corrected chi connectivity index (χ0v) is 20.9. The standard InChI is InChI=1S/C25H37N5O2S/c1-18-12-14-29(15-13-18)24(31)19(2)33-25-28-27-23(30(25)21-9-5-4-6-10-21)17-26-20-8-7-11-22(16-20)32-3/h7-8,11,16,18-19,21,26H,4-6,9-10,12-15,17H2,1-3H3. The van der Waals surface area contributed by atoms with Crippen LogP contribution in [0.2, 0.25) is 0 Å². The largest absolute Gasteiger partial charge is 0.497 e. The van der Waals surface area contributed by atoms with Crippen molar-refractivity contribution in [1.82, 2.24) is 19.7 Å². The maximum absolute atomic E-state index is 13.1. The first kappa shape index (κ1) is 23.9. The van der Waals surface area contributed by atoms with Gasteiger partial charge in [-0.1, -0.05) is 44.0 Å². The Balaban J connectivity index is 1.48. The highest BCUT2D eigenvalue weighted by Gasteiger charge is 2.29. The normalized spacial score (nSPS) is 18.8. The molecule has 1 aliphatic heterocycles. The van der Waals surface area contributed by atoms with E-state index >= 15 is 0 Å². The highest BCUT2D eigenvalue weighted by atomic mass is 32.2. The Labute approximate surface area is 201 Å². The number of hydrogen-bond donors (Lipinski definition) is 1. The lowest BCUT2D eigenvalue weighted by Crippen LogP contribution is -2.41. The third-order valence-corrected chi connectivity index (χ3v) is 7.96. The molecule has 1 unspecified atom stereocenters. The van der Waals surface area contributed by atoms with Crippen molar-refractivity contribution in [2.75, 3.05) is 25.5 Å². The first-order valence-electron chi connectivity index (χ1n) is 12.3. The molecule has 0 bridgehead atoms. The average molecular weight is 472 g/mol. The van der Waals surface area contributed by atoms with Crippen LogP contribution >= 0.6 is 11.8 Å². The highest BCUT2D eigenvalue weighted by Crippen LogP contribution is 2.34. The molecule has 33 heavy (non-hydrogen) atoms. The van der Waals surface area contributed by atoms with E-state index in [0.29, 0.717) is 18.5 Å². The summed E-state index contributed by atoms with van der Waals surface area (Å²) in [6, 6.07) is 8.32. The van der Waals surface area contributed by atoms with Crippen LogP contribution in [0.15, 0.2) is 29.4 Å². The number of nitrogens with one attached hydrogen (secondary N) is 1. The van der Waals surface area contributed by atoms with Crippen LogP contribution < -0.4 is 10.1 Å². The maximum atomic E-state index is 13.1. The van der Waals surface area contributed by atoms with Crippen LogP contribution in [0.25, 0.3) is 0 Å². The summed E-state index contributed by atoms with van der Waals surface area (Å²) in [7, 11) is 1.68. The Bertz CT molecular complexity index is 919. The number of rotatable bonds is 8. The van der Waals surface area contributed by atoms with Crippen molar-refractivity contribution >= 4 is 23.4 Å². The molecule has 1 atom stereocenters. The molecule has 1 saturated heterocycles. The Morgan fingerprint density at radius 2 is 1.94 bits per heavy atom. The molecule has 0 radical (unpaired) electrons. The van der Waals surface area contributed by atoms with Crippen LogP contribution in [0.3, 0.4) is 0 Å². The Morgan fingerprint density at radius 3 is 2.67 bits per heavy atom. The molecule has 7 nitrogen and oxygen atoms in total. The number of benzene rings is 1. The third-order valence-electron chi connectivity index (χ3n) is 6.92. The number of aromatic nitrogens is 3. The number of carbonyl (C=O) groups is 1. The number of ether oxygens (including phenoxy) is 1. The van der Waals surface area contributed by atoms with E-state index in [9.17, 15) is 4.79 Å². The van der Waals surface area contributed by atoms with E-state index in [4.69, 9.17) is 4.74 Å². The summed E-state index contributed by atoms with van der Waals surface area (Å²) in [4.78, 5) is 15.1. The minimum atomic E-state index is -0.163. The number of anilines is 1. The summed E-state index contributed by atoms with van der Waals surface area (Å²) in [5.41, 5.74) is 0.990. The molecule has 1 aromatic heterocycles. The van der Waals surface area contributed by atoms with Crippen LogP contribution in [0.1, 0.15) is 70.7 Å². The van der Waals surface area contributed by atoms with Gasteiger partial charge in [-0.05, 0) is 50.7 Å². The second-order valence-electron chi connectivity index (χ2n) is 9.41. The van der Waals surface area contributed by atoms with E-state index in [1.54, 1.807) is 18.9 Å². The second-order valence-corrected chi connectivity index (χ2v) is 10.7. The maximum Gasteiger partial charge on any atom is 0.235 e. The number of thioether (sulfide) groups is 1. The number of likely N-dealkylation sites (tertiary alicyclic amines) is 1. The number of nitrogens with zero attached hydrogens (tertiary/aromatic N) is 4. The number of piperidine rings is 1. The molecule has 0 spiro atoms. The van der Waals surface area contributed by atoms with Crippen LogP contribution in [-0.4, -0.2) is 51.0 Å². The van der Waals surface area contributed by atoms with Gasteiger partial charge >= 0.3 is 0 Å². The van der Waals surface area contributed by atoms with Gasteiger partial charge in [0.1, 0.15) is 5.75 Å². The van der Waals surface area contributed by atoms with Gasteiger partial charge in [-0.2, -0.15) is 0 Å². The molecule has 1 N–H and O–H groups in total. The topological polar surface area (TPSA) is 72.3 Å². The Kier molecular flexibility index (Phi) is 8.17. The van der Waals surface area contributed by atoms with E-state index < -0.39 is 0 Å². The van der Waals surface area contributed by atoms with Gasteiger partial charge in [0.25, 0.3) is 0 Å². The van der Waals surface area contributed by atoms with Crippen LogP contribution in [0, 0.1) is 5.92 Å². The van der Waals surface area contributed by atoms with Crippen molar-refractivity contribution in [2.24, 2.45) is 5.92 Å². The lowest BCUT2D eigenvalue weighted by atomic mass is 9.95. The quantitative estimate of drug-likeness (QED) is 0.537. The predicted octanol–water partition coefficient (Wildman–Crippen LogP) is 5.14. The molecular formula is C25H37N5O2S. The van der Waals surface area contributed by atoms with Gasteiger partial charge in [-0.15, -0.1) is 10.2 Å². The van der Waals surface area contributed by atoms with E-state index in [0.717, 1.165) is 61.2 Å². The number of carbonyl (C=O) groups excluding carboxylic acids is 1. The summed E-state index contributed by atoms with van der Waals surface area (Å²) < 4.78 is 7.64. The molecule has 2 heterocycles. The molecule has 1 saturated carbocycles. The molecule has 180 valence electrons. The summed E-state index contributed by atoms with van der Waals surface area (Å²) >= 11 is 1.57. The highest BCUT2D eigenvalue weighted by molar-refractivity contribution is 8.00. The lowest BCUT2D eigenvalue weighted by Gasteiger charge is -2.32. The van der Waals surface area contributed by atoms with Crippen molar-refractivity contribution in [3.8, 4) is 5.75 Å². The fraction of sp³-hybridized carbons (Fsp3) is 0.640. The number of amides is 1. The third kappa shape index (κ3) is 6.02. The lowest BCUT2D eigenvalue weighted by molar-refractivity contribution is -0.131. The molecule has 1 aromatic carbocycles. The molecule has 1 aliphatic carbocycles. The van der Waals surface area contributed by atoms with E-state index in [1.807, 2.05) is 36.1 Å². The summed E-state index contributed by atoms with van der Waals surface area (Å²) in [6.07, 6.45) is 8.24. The fourth-order valence-corrected chi connectivity index (χ4v) is 5.85. The van der Waals surface area contributed by atoms with Crippen molar-refractivity contribution in [3.63, 3.8) is 0 Å². The Morgan fingerprint density at radius 1 is 1.18 bits per heavy atom. The van der Waals surface area contributed by atoms with Crippen LogP contribution in [0.5, 0.6) is 5.75 Å². The summed E-state index contributed by atoms with van der Waals surface area (Å²) in [5, 5.41) is 13.3. The van der Waals surface area contributed by atoms with Gasteiger partial charge in [0.05, 0.1) is 18.9 Å². The van der Waals surface area contributed by atoms with Crippen molar-refractivity contribution in [1.29, 1.82) is 0 Å². The minimum absolute atomic E-state index is 0.163. The van der Waals surface area contributed by atoms with Gasteiger partial charge < -0.3 is 19.5 Å². The van der Waals surface area contributed by atoms with Crippen molar-refractivity contribution < 1.29 is 9.53 Å². The van der Waals surface area contributed by atoms with Crippen molar-refractivity contribution in [2.45, 2.75) is 81.8 Å². The SMILES string of the molecule is COc1cccc(NCc2nnc(SC(C)C(=O)N3CCC(C)CC3)n2C2CCCCC2)c1. The molecule has 2 fully saturated rings.